The Kier molecular flexibility index (Phi) is 6.98. The molecule has 1 saturated heterocycles. The van der Waals surface area contributed by atoms with Crippen molar-refractivity contribution in [3.8, 4) is 16.9 Å². The minimum absolute atomic E-state index is 0.0175. The number of benzene rings is 1. The Bertz CT molecular complexity index is 911. The Morgan fingerprint density at radius 1 is 1.06 bits per heavy atom. The number of pyridine rings is 1. The number of rotatable bonds is 6. The van der Waals surface area contributed by atoms with Gasteiger partial charge < -0.3 is 14.4 Å². The molecule has 1 amide bonds. The summed E-state index contributed by atoms with van der Waals surface area (Å²) in [7, 11) is 0. The number of nitrogens with zero attached hydrogens (tertiary/aromatic N) is 2. The van der Waals surface area contributed by atoms with Crippen LogP contribution in [0.5, 0.6) is 5.75 Å². The van der Waals surface area contributed by atoms with Crippen LogP contribution in [0, 0.1) is 5.92 Å². The average Bonchev–Trinajstić information content (AvgIpc) is 2.78. The van der Waals surface area contributed by atoms with E-state index in [2.05, 4.69) is 9.72 Å². The van der Waals surface area contributed by atoms with E-state index in [-0.39, 0.29) is 24.3 Å². The Balaban J connectivity index is 1.49. The summed E-state index contributed by atoms with van der Waals surface area (Å²) in [5.74, 6) is 0.378. The molecular weight excluding hydrogens is 421 g/mol. The molecule has 1 aliphatic heterocycles. The van der Waals surface area contributed by atoms with Gasteiger partial charge in [0.25, 0.3) is 0 Å². The molecule has 4 rings (SSSR count). The van der Waals surface area contributed by atoms with Crippen molar-refractivity contribution in [2.75, 3.05) is 19.8 Å². The first-order chi connectivity index (χ1) is 15.4. The van der Waals surface area contributed by atoms with Gasteiger partial charge in [-0.15, -0.1) is 13.2 Å². The van der Waals surface area contributed by atoms with Crippen molar-refractivity contribution in [3.63, 3.8) is 0 Å². The summed E-state index contributed by atoms with van der Waals surface area (Å²) in [5.41, 5.74) is 2.33. The molecule has 172 valence electrons. The fourth-order valence-electron chi connectivity index (χ4n) is 4.61. The van der Waals surface area contributed by atoms with E-state index in [1.807, 2.05) is 11.0 Å². The van der Waals surface area contributed by atoms with Gasteiger partial charge in [0.2, 0.25) is 5.91 Å². The minimum atomic E-state index is -4.72. The van der Waals surface area contributed by atoms with Crippen molar-refractivity contribution in [1.82, 2.24) is 9.88 Å². The number of carbonyl (C=O) groups is 1. The molecule has 0 spiro atoms. The first kappa shape index (κ1) is 22.6. The molecule has 32 heavy (non-hydrogen) atoms. The Labute approximate surface area is 185 Å². The largest absolute Gasteiger partial charge is 0.573 e. The molecule has 8 heteroatoms. The molecule has 1 aromatic carbocycles. The van der Waals surface area contributed by atoms with Crippen LogP contribution < -0.4 is 4.74 Å². The highest BCUT2D eigenvalue weighted by atomic mass is 19.4. The van der Waals surface area contributed by atoms with E-state index < -0.39 is 6.36 Å². The Morgan fingerprint density at radius 3 is 2.53 bits per heavy atom. The van der Waals surface area contributed by atoms with Gasteiger partial charge >= 0.3 is 6.36 Å². The van der Waals surface area contributed by atoms with Crippen LogP contribution in [0.1, 0.15) is 50.1 Å². The van der Waals surface area contributed by atoms with Gasteiger partial charge in [-0.2, -0.15) is 0 Å². The predicted molar refractivity (Wildman–Crippen MR) is 113 cm³/mol. The van der Waals surface area contributed by atoms with Crippen molar-refractivity contribution in [3.05, 3.63) is 48.3 Å². The first-order valence-electron chi connectivity index (χ1n) is 11.1. The van der Waals surface area contributed by atoms with Gasteiger partial charge in [0.15, 0.2) is 0 Å². The summed E-state index contributed by atoms with van der Waals surface area (Å²) in [6.07, 6.45) is 5.95. The second-order valence-electron chi connectivity index (χ2n) is 8.49. The molecule has 5 nitrogen and oxygen atoms in total. The van der Waals surface area contributed by atoms with E-state index in [1.54, 1.807) is 24.5 Å². The van der Waals surface area contributed by atoms with E-state index in [4.69, 9.17) is 4.74 Å². The number of ether oxygens (including phenoxy) is 2. The molecule has 0 bridgehead atoms. The van der Waals surface area contributed by atoms with Gasteiger partial charge in [-0.25, -0.2) is 0 Å². The van der Waals surface area contributed by atoms with E-state index in [1.165, 1.54) is 44.2 Å². The van der Waals surface area contributed by atoms with Crippen molar-refractivity contribution in [2.45, 2.75) is 50.9 Å². The van der Waals surface area contributed by atoms with Crippen LogP contribution in [0.25, 0.3) is 11.1 Å². The topological polar surface area (TPSA) is 51.7 Å². The molecule has 2 aromatic rings. The SMILES string of the molecule is O=C1COCC(c2cncc(-c3ccc(OC(F)(F)F)cc3)c2)N1CCC1CCCCC1. The quantitative estimate of drug-likeness (QED) is 0.584. The molecule has 2 heterocycles. The van der Waals surface area contributed by atoms with Crippen LogP contribution in [0.3, 0.4) is 0 Å². The van der Waals surface area contributed by atoms with Crippen LogP contribution in [0.4, 0.5) is 13.2 Å². The normalized spacial score (nSPS) is 20.4. The minimum Gasteiger partial charge on any atom is -0.406 e. The zero-order valence-corrected chi connectivity index (χ0v) is 17.8. The summed E-state index contributed by atoms with van der Waals surface area (Å²) in [4.78, 5) is 18.9. The lowest BCUT2D eigenvalue weighted by molar-refractivity contribution is -0.274. The third kappa shape index (κ3) is 5.79. The van der Waals surface area contributed by atoms with Gasteiger partial charge in [-0.05, 0) is 41.7 Å². The lowest BCUT2D eigenvalue weighted by Crippen LogP contribution is -2.45. The standard InChI is InChI=1S/C24H27F3N2O3/c25-24(26,27)32-21-8-6-18(7-9-21)19-12-20(14-28-13-19)22-15-31-16-23(30)29(22)11-10-17-4-2-1-3-5-17/h6-9,12-14,17,22H,1-5,10-11,15-16H2. The summed E-state index contributed by atoms with van der Waals surface area (Å²) in [6.45, 7) is 1.19. The van der Waals surface area contributed by atoms with Gasteiger partial charge in [0.05, 0.1) is 12.6 Å². The maximum absolute atomic E-state index is 12.6. The second kappa shape index (κ2) is 9.90. The number of amides is 1. The molecular formula is C24H27F3N2O3. The number of hydrogen-bond donors (Lipinski definition) is 0. The number of morpholine rings is 1. The molecule has 1 unspecified atom stereocenters. The number of hydrogen-bond acceptors (Lipinski definition) is 4. The van der Waals surface area contributed by atoms with Crippen LogP contribution in [-0.2, 0) is 9.53 Å². The summed E-state index contributed by atoms with van der Waals surface area (Å²) in [6, 6.07) is 7.38. The zero-order valence-electron chi connectivity index (χ0n) is 17.8. The molecule has 2 aliphatic rings. The smallest absolute Gasteiger partial charge is 0.406 e. The Hall–Kier alpha value is -2.61. The molecule has 0 N–H and O–H groups in total. The van der Waals surface area contributed by atoms with Gasteiger partial charge in [0.1, 0.15) is 12.4 Å². The van der Waals surface area contributed by atoms with Crippen LogP contribution >= 0.6 is 0 Å². The lowest BCUT2D eigenvalue weighted by Gasteiger charge is -2.37. The Morgan fingerprint density at radius 2 is 1.81 bits per heavy atom. The van der Waals surface area contributed by atoms with Crippen LogP contribution in [0.15, 0.2) is 42.7 Å². The molecule has 1 saturated carbocycles. The van der Waals surface area contributed by atoms with E-state index in [0.29, 0.717) is 24.6 Å². The third-order valence-electron chi connectivity index (χ3n) is 6.27. The van der Waals surface area contributed by atoms with Crippen molar-refractivity contribution < 1.29 is 27.4 Å². The third-order valence-corrected chi connectivity index (χ3v) is 6.27. The molecule has 1 aromatic heterocycles. The summed E-state index contributed by atoms with van der Waals surface area (Å²) >= 11 is 0. The average molecular weight is 448 g/mol. The van der Waals surface area contributed by atoms with Gasteiger partial charge in [-0.1, -0.05) is 44.2 Å². The summed E-state index contributed by atoms with van der Waals surface area (Å²) < 4.78 is 46.7. The van der Waals surface area contributed by atoms with Gasteiger partial charge in [0, 0.05) is 24.5 Å². The highest BCUT2D eigenvalue weighted by molar-refractivity contribution is 5.78. The molecule has 1 aliphatic carbocycles. The monoisotopic (exact) mass is 448 g/mol. The number of aromatic nitrogens is 1. The van der Waals surface area contributed by atoms with E-state index in [9.17, 15) is 18.0 Å². The summed E-state index contributed by atoms with van der Waals surface area (Å²) in [5, 5.41) is 0. The number of alkyl halides is 3. The fourth-order valence-corrected chi connectivity index (χ4v) is 4.61. The maximum Gasteiger partial charge on any atom is 0.573 e. The van der Waals surface area contributed by atoms with Crippen molar-refractivity contribution >= 4 is 5.91 Å². The highest BCUT2D eigenvalue weighted by Crippen LogP contribution is 2.32. The number of carbonyl (C=O) groups excluding carboxylic acids is 1. The number of halogens is 3. The zero-order chi connectivity index (χ0) is 22.6. The lowest BCUT2D eigenvalue weighted by atomic mass is 9.86. The van der Waals surface area contributed by atoms with Crippen LogP contribution in [0.2, 0.25) is 0 Å². The van der Waals surface area contributed by atoms with E-state index >= 15 is 0 Å². The maximum atomic E-state index is 12.6. The van der Waals surface area contributed by atoms with Crippen molar-refractivity contribution in [1.29, 1.82) is 0 Å². The second-order valence-corrected chi connectivity index (χ2v) is 8.49. The van der Waals surface area contributed by atoms with Crippen molar-refractivity contribution in [2.24, 2.45) is 5.92 Å². The fraction of sp³-hybridized carbons (Fsp3) is 0.500. The highest BCUT2D eigenvalue weighted by Gasteiger charge is 2.32. The van der Waals surface area contributed by atoms with Gasteiger partial charge in [-0.3, -0.25) is 9.78 Å². The first-order valence-corrected chi connectivity index (χ1v) is 11.1. The predicted octanol–water partition coefficient (Wildman–Crippen LogP) is 5.52. The molecule has 2 fully saturated rings. The molecule has 1 atom stereocenters. The van der Waals surface area contributed by atoms with E-state index in [0.717, 1.165) is 17.5 Å². The van der Waals surface area contributed by atoms with Crippen LogP contribution in [-0.4, -0.2) is 41.9 Å². The molecule has 0 radical (unpaired) electrons.